The third-order valence-corrected chi connectivity index (χ3v) is 5.65. The van der Waals surface area contributed by atoms with Crippen molar-refractivity contribution >= 4 is 17.7 Å². The standard InChI is InChI=1S/C24H33N3O3.C3H8N2O/c1-16-14-20(28)15-17(2)21(16)11-12-22(25)24(30)27-18(3)23(29)26-13-7-10-19-8-5-4-6-9-19;4-2-1-3(5)6/h4-6,8-9,14-15,18,22,28H,7,10-13,25H2,1-3H3,(H,26,29)(H,27,30);1-2,4H2,(H2,5,6)/t18-,22+;/m1./s1. The van der Waals surface area contributed by atoms with Gasteiger partial charge in [0.25, 0.3) is 0 Å². The van der Waals surface area contributed by atoms with E-state index < -0.39 is 12.1 Å². The van der Waals surface area contributed by atoms with E-state index in [9.17, 15) is 19.5 Å². The number of phenolic OH excluding ortho intramolecular Hbond substituents is 1. The summed E-state index contributed by atoms with van der Waals surface area (Å²) in [4.78, 5) is 34.3. The Morgan fingerprint density at radius 3 is 2.14 bits per heavy atom. The second-order valence-corrected chi connectivity index (χ2v) is 8.82. The Hall–Kier alpha value is -3.43. The van der Waals surface area contributed by atoms with E-state index in [0.29, 0.717) is 32.4 Å². The van der Waals surface area contributed by atoms with Crippen LogP contribution in [0.15, 0.2) is 42.5 Å². The van der Waals surface area contributed by atoms with Crippen molar-refractivity contribution in [3.05, 3.63) is 64.7 Å². The molecule has 0 saturated carbocycles. The first-order valence-electron chi connectivity index (χ1n) is 12.2. The molecule has 0 radical (unpaired) electrons. The molecule has 0 heterocycles. The van der Waals surface area contributed by atoms with Gasteiger partial charge in [0.1, 0.15) is 11.8 Å². The minimum atomic E-state index is -0.703. The molecular weight excluding hydrogens is 458 g/mol. The van der Waals surface area contributed by atoms with Crippen LogP contribution in [0, 0.1) is 13.8 Å². The van der Waals surface area contributed by atoms with Gasteiger partial charge in [0.2, 0.25) is 17.7 Å². The van der Waals surface area contributed by atoms with Gasteiger partial charge in [0.15, 0.2) is 0 Å². The number of nitrogens with two attached hydrogens (primary N) is 3. The average molecular weight is 500 g/mol. The van der Waals surface area contributed by atoms with Crippen molar-refractivity contribution < 1.29 is 19.5 Å². The Morgan fingerprint density at radius 1 is 1.00 bits per heavy atom. The maximum absolute atomic E-state index is 12.4. The molecule has 2 aromatic rings. The van der Waals surface area contributed by atoms with Crippen molar-refractivity contribution in [1.82, 2.24) is 10.6 Å². The molecule has 0 bridgehead atoms. The summed E-state index contributed by atoms with van der Waals surface area (Å²) in [6.07, 6.45) is 3.11. The number of primary amides is 1. The smallest absolute Gasteiger partial charge is 0.242 e. The second-order valence-electron chi connectivity index (χ2n) is 8.82. The van der Waals surface area contributed by atoms with Gasteiger partial charge in [0.05, 0.1) is 6.04 Å². The fourth-order valence-corrected chi connectivity index (χ4v) is 3.63. The number of aryl methyl sites for hydroxylation is 3. The number of rotatable bonds is 12. The van der Waals surface area contributed by atoms with Crippen LogP contribution in [-0.2, 0) is 27.2 Å². The number of benzene rings is 2. The van der Waals surface area contributed by atoms with Crippen LogP contribution in [0.5, 0.6) is 5.75 Å². The number of aromatic hydroxyl groups is 1. The number of amides is 3. The summed E-state index contributed by atoms with van der Waals surface area (Å²) >= 11 is 0. The Bertz CT molecular complexity index is 958. The van der Waals surface area contributed by atoms with Crippen LogP contribution in [0.3, 0.4) is 0 Å². The molecule has 0 aliphatic rings. The van der Waals surface area contributed by atoms with Crippen LogP contribution < -0.4 is 27.8 Å². The summed E-state index contributed by atoms with van der Waals surface area (Å²) in [6.45, 7) is 6.43. The lowest BCUT2D eigenvalue weighted by Crippen LogP contribution is -2.50. The highest BCUT2D eigenvalue weighted by molar-refractivity contribution is 5.89. The number of nitrogens with one attached hydrogen (secondary N) is 2. The van der Waals surface area contributed by atoms with Crippen molar-refractivity contribution in [2.24, 2.45) is 17.2 Å². The zero-order valence-corrected chi connectivity index (χ0v) is 21.5. The van der Waals surface area contributed by atoms with Crippen molar-refractivity contribution in [1.29, 1.82) is 0 Å². The summed E-state index contributed by atoms with van der Waals surface area (Å²) in [7, 11) is 0. The topological polar surface area (TPSA) is 174 Å². The van der Waals surface area contributed by atoms with Crippen LogP contribution in [0.1, 0.15) is 48.4 Å². The lowest BCUT2D eigenvalue weighted by Gasteiger charge is -2.18. The van der Waals surface area contributed by atoms with Crippen LogP contribution in [0.4, 0.5) is 0 Å². The predicted molar refractivity (Wildman–Crippen MR) is 142 cm³/mol. The third-order valence-electron chi connectivity index (χ3n) is 5.65. The average Bonchev–Trinajstić information content (AvgIpc) is 2.81. The van der Waals surface area contributed by atoms with Gasteiger partial charge in [-0.2, -0.15) is 0 Å². The van der Waals surface area contributed by atoms with E-state index in [4.69, 9.17) is 11.5 Å². The largest absolute Gasteiger partial charge is 0.508 e. The van der Waals surface area contributed by atoms with E-state index in [-0.39, 0.29) is 23.5 Å². The summed E-state index contributed by atoms with van der Waals surface area (Å²) < 4.78 is 0. The van der Waals surface area contributed by atoms with Crippen molar-refractivity contribution in [3.63, 3.8) is 0 Å². The molecule has 0 fully saturated rings. The van der Waals surface area contributed by atoms with E-state index in [0.717, 1.165) is 29.5 Å². The first kappa shape index (κ1) is 30.6. The van der Waals surface area contributed by atoms with Gasteiger partial charge in [-0.25, -0.2) is 0 Å². The molecule has 2 atom stereocenters. The molecule has 0 saturated heterocycles. The van der Waals surface area contributed by atoms with Gasteiger partial charge in [0, 0.05) is 19.5 Å². The quantitative estimate of drug-likeness (QED) is 0.240. The monoisotopic (exact) mass is 499 g/mol. The molecule has 3 amide bonds. The Kier molecular flexibility index (Phi) is 13.8. The number of hydrogen-bond acceptors (Lipinski definition) is 6. The molecule has 9 N–H and O–H groups in total. The normalized spacial score (nSPS) is 12.0. The number of hydrogen-bond donors (Lipinski definition) is 6. The van der Waals surface area contributed by atoms with Crippen LogP contribution in [0.2, 0.25) is 0 Å². The highest BCUT2D eigenvalue weighted by atomic mass is 16.3. The highest BCUT2D eigenvalue weighted by Gasteiger charge is 2.20. The lowest BCUT2D eigenvalue weighted by atomic mass is 9.96. The summed E-state index contributed by atoms with van der Waals surface area (Å²) in [5.41, 5.74) is 19.9. The molecular formula is C27H41N5O4. The van der Waals surface area contributed by atoms with Gasteiger partial charge in [-0.15, -0.1) is 0 Å². The van der Waals surface area contributed by atoms with E-state index in [1.807, 2.05) is 32.0 Å². The molecule has 198 valence electrons. The number of carbonyl (C=O) groups is 3. The fraction of sp³-hybridized carbons (Fsp3) is 0.444. The SMILES string of the molecule is Cc1cc(O)cc(C)c1CC[C@H](N)C(=O)N[C@H](C)C(=O)NCCCc1ccccc1.NCCC(N)=O. The minimum absolute atomic E-state index is 0.214. The first-order chi connectivity index (χ1) is 17.0. The Labute approximate surface area is 213 Å². The van der Waals surface area contributed by atoms with Crippen molar-refractivity contribution in [2.45, 2.75) is 65.0 Å². The first-order valence-corrected chi connectivity index (χ1v) is 12.2. The predicted octanol–water partition coefficient (Wildman–Crippen LogP) is 1.34. The molecule has 2 aromatic carbocycles. The van der Waals surface area contributed by atoms with Gasteiger partial charge < -0.3 is 32.9 Å². The lowest BCUT2D eigenvalue weighted by molar-refractivity contribution is -0.129. The summed E-state index contributed by atoms with van der Waals surface area (Å²) in [5.74, 6) is -0.651. The van der Waals surface area contributed by atoms with Gasteiger partial charge in [-0.3, -0.25) is 14.4 Å². The van der Waals surface area contributed by atoms with Crippen LogP contribution >= 0.6 is 0 Å². The summed E-state index contributed by atoms with van der Waals surface area (Å²) in [5, 5.41) is 15.2. The molecule has 0 aliphatic heterocycles. The highest BCUT2D eigenvalue weighted by Crippen LogP contribution is 2.22. The maximum atomic E-state index is 12.4. The number of phenols is 1. The second kappa shape index (κ2) is 16.3. The van der Waals surface area contributed by atoms with E-state index in [1.54, 1.807) is 19.1 Å². The van der Waals surface area contributed by atoms with Crippen molar-refractivity contribution in [3.8, 4) is 5.75 Å². The fourth-order valence-electron chi connectivity index (χ4n) is 3.63. The van der Waals surface area contributed by atoms with Gasteiger partial charge in [-0.1, -0.05) is 30.3 Å². The van der Waals surface area contributed by atoms with E-state index in [2.05, 4.69) is 28.5 Å². The molecule has 9 nitrogen and oxygen atoms in total. The Balaban J connectivity index is 0.000000960. The van der Waals surface area contributed by atoms with Gasteiger partial charge in [-0.05, 0) is 80.8 Å². The van der Waals surface area contributed by atoms with E-state index >= 15 is 0 Å². The number of carbonyl (C=O) groups excluding carboxylic acids is 3. The van der Waals surface area contributed by atoms with E-state index in [1.165, 1.54) is 5.56 Å². The zero-order valence-electron chi connectivity index (χ0n) is 21.5. The molecule has 2 rings (SSSR count). The molecule has 36 heavy (non-hydrogen) atoms. The zero-order chi connectivity index (χ0) is 27.1. The molecule has 0 unspecified atom stereocenters. The molecule has 0 aliphatic carbocycles. The Morgan fingerprint density at radius 2 is 1.61 bits per heavy atom. The summed E-state index contributed by atoms with van der Waals surface area (Å²) in [6, 6.07) is 12.2. The molecule has 9 heteroatoms. The minimum Gasteiger partial charge on any atom is -0.508 e. The van der Waals surface area contributed by atoms with Crippen LogP contribution in [-0.4, -0.2) is 48.0 Å². The van der Waals surface area contributed by atoms with Crippen LogP contribution in [0.25, 0.3) is 0 Å². The maximum Gasteiger partial charge on any atom is 0.242 e. The molecule has 0 spiro atoms. The third kappa shape index (κ3) is 11.8. The van der Waals surface area contributed by atoms with Gasteiger partial charge >= 0.3 is 0 Å². The molecule has 0 aromatic heterocycles. The van der Waals surface area contributed by atoms with Crippen molar-refractivity contribution in [2.75, 3.05) is 13.1 Å².